The average Bonchev–Trinajstić information content (AvgIpc) is 3.16. The molecule has 1 heterocycles. The number of hydrazone groups is 1. The summed E-state index contributed by atoms with van der Waals surface area (Å²) < 4.78 is 26.6. The van der Waals surface area contributed by atoms with Gasteiger partial charge < -0.3 is 4.98 Å². The Hall–Kier alpha value is -3.42. The molecule has 0 aliphatic heterocycles. The van der Waals surface area contributed by atoms with Crippen molar-refractivity contribution in [1.29, 1.82) is 0 Å². The summed E-state index contributed by atoms with van der Waals surface area (Å²) in [7, 11) is -3.94. The van der Waals surface area contributed by atoms with Crippen LogP contribution in [0.15, 0.2) is 93.8 Å². The minimum atomic E-state index is -3.94. The Labute approximate surface area is 178 Å². The topological polar surface area (TPSA) is 91.4 Å². The summed E-state index contributed by atoms with van der Waals surface area (Å²) in [6.45, 7) is 0. The van der Waals surface area contributed by atoms with Gasteiger partial charge in [-0.1, -0.05) is 60.1 Å². The second kappa shape index (κ2) is 8.14. The van der Waals surface area contributed by atoms with Crippen molar-refractivity contribution >= 4 is 44.5 Å². The molecule has 2 N–H and O–H groups in total. The molecule has 6 nitrogen and oxygen atoms in total. The van der Waals surface area contributed by atoms with Gasteiger partial charge in [-0.2, -0.15) is 5.10 Å². The zero-order valence-corrected chi connectivity index (χ0v) is 17.1. The molecule has 0 unspecified atom stereocenters. The molecule has 0 saturated heterocycles. The van der Waals surface area contributed by atoms with Gasteiger partial charge >= 0.3 is 0 Å². The van der Waals surface area contributed by atoms with Crippen molar-refractivity contribution in [1.82, 2.24) is 10.4 Å². The molecule has 1 amide bonds. The van der Waals surface area contributed by atoms with Gasteiger partial charge in [-0.15, -0.1) is 0 Å². The molecule has 3 aromatic carbocycles. The van der Waals surface area contributed by atoms with E-state index in [1.165, 1.54) is 18.3 Å². The molecular weight excluding hydrogens is 422 g/mol. The Balaban J connectivity index is 1.73. The van der Waals surface area contributed by atoms with Crippen LogP contribution in [-0.2, 0) is 9.84 Å². The van der Waals surface area contributed by atoms with E-state index < -0.39 is 15.7 Å². The Morgan fingerprint density at radius 1 is 0.933 bits per heavy atom. The van der Waals surface area contributed by atoms with Crippen LogP contribution >= 0.6 is 11.6 Å². The molecule has 0 saturated carbocycles. The lowest BCUT2D eigenvalue weighted by molar-refractivity contribution is 0.0947. The molecule has 150 valence electrons. The number of halogens is 1. The number of carbonyl (C=O) groups is 1. The molecule has 0 bridgehead atoms. The van der Waals surface area contributed by atoms with Crippen molar-refractivity contribution in [2.75, 3.05) is 0 Å². The van der Waals surface area contributed by atoms with Crippen molar-refractivity contribution in [2.45, 2.75) is 9.79 Å². The van der Waals surface area contributed by atoms with Gasteiger partial charge in [0.25, 0.3) is 5.91 Å². The number of aromatic nitrogens is 1. The molecule has 30 heavy (non-hydrogen) atoms. The predicted molar refractivity (Wildman–Crippen MR) is 117 cm³/mol. The van der Waals surface area contributed by atoms with Gasteiger partial charge in [-0.25, -0.2) is 13.8 Å². The minimum absolute atomic E-state index is 0.0756. The molecular formula is C22H16ClN3O3S. The molecule has 0 aliphatic rings. The van der Waals surface area contributed by atoms with Crippen molar-refractivity contribution in [3.05, 3.63) is 95.1 Å². The molecule has 0 spiro atoms. The Morgan fingerprint density at radius 2 is 1.60 bits per heavy atom. The number of aromatic amines is 1. The normalized spacial score (nSPS) is 11.8. The van der Waals surface area contributed by atoms with Crippen LogP contribution in [0.1, 0.15) is 16.1 Å². The van der Waals surface area contributed by atoms with Crippen molar-refractivity contribution in [3.63, 3.8) is 0 Å². The van der Waals surface area contributed by atoms with E-state index in [0.29, 0.717) is 15.9 Å². The number of amides is 1. The number of nitrogens with zero attached hydrogens (tertiary/aromatic N) is 1. The largest absolute Gasteiger partial charge is 0.349 e. The van der Waals surface area contributed by atoms with Crippen LogP contribution in [0.25, 0.3) is 10.9 Å². The number of para-hydroxylation sites is 1. The van der Waals surface area contributed by atoms with Gasteiger partial charge in [0.1, 0.15) is 10.6 Å². The lowest BCUT2D eigenvalue weighted by Crippen LogP contribution is -2.20. The van der Waals surface area contributed by atoms with E-state index >= 15 is 0 Å². The van der Waals surface area contributed by atoms with Crippen LogP contribution in [-0.4, -0.2) is 25.5 Å². The smallest absolute Gasteiger partial charge is 0.289 e. The molecule has 8 heteroatoms. The van der Waals surface area contributed by atoms with Crippen molar-refractivity contribution in [2.24, 2.45) is 5.10 Å². The predicted octanol–water partition coefficient (Wildman–Crippen LogP) is 4.42. The number of hydrogen-bond donors (Lipinski definition) is 2. The van der Waals surface area contributed by atoms with Crippen LogP contribution in [0, 0.1) is 0 Å². The maximum Gasteiger partial charge on any atom is 0.289 e. The number of nitrogens with one attached hydrogen (secondary N) is 2. The van der Waals surface area contributed by atoms with Crippen LogP contribution in [0.5, 0.6) is 0 Å². The molecule has 0 radical (unpaired) electrons. The van der Waals surface area contributed by atoms with Gasteiger partial charge in [0, 0.05) is 15.9 Å². The van der Waals surface area contributed by atoms with Gasteiger partial charge in [-0.05, 0) is 35.9 Å². The number of carbonyl (C=O) groups excluding carboxylic acids is 1. The van der Waals surface area contributed by atoms with E-state index in [0.717, 1.165) is 5.56 Å². The molecule has 0 fully saturated rings. The van der Waals surface area contributed by atoms with Crippen LogP contribution in [0.3, 0.4) is 0 Å². The average molecular weight is 438 g/mol. The highest BCUT2D eigenvalue weighted by atomic mass is 35.5. The molecule has 1 aromatic heterocycles. The van der Waals surface area contributed by atoms with Gasteiger partial charge in [0.2, 0.25) is 9.84 Å². The highest BCUT2D eigenvalue weighted by molar-refractivity contribution is 7.91. The Morgan fingerprint density at radius 3 is 2.33 bits per heavy atom. The maximum absolute atomic E-state index is 13.3. The van der Waals surface area contributed by atoms with E-state index in [-0.39, 0.29) is 15.5 Å². The van der Waals surface area contributed by atoms with Crippen LogP contribution < -0.4 is 5.43 Å². The molecule has 0 aliphatic carbocycles. The fourth-order valence-electron chi connectivity index (χ4n) is 3.04. The quantitative estimate of drug-likeness (QED) is 0.357. The first-order valence-electron chi connectivity index (χ1n) is 8.96. The van der Waals surface area contributed by atoms with Gasteiger partial charge in [0.05, 0.1) is 11.1 Å². The number of benzene rings is 3. The first-order chi connectivity index (χ1) is 14.5. The second-order valence-corrected chi connectivity index (χ2v) is 8.76. The van der Waals surface area contributed by atoms with E-state index in [2.05, 4.69) is 15.5 Å². The SMILES string of the molecule is O=C(N/N=C/c1ccc(Cl)cc1)c1[nH]c2ccccc2c1S(=O)(=O)c1ccccc1. The summed E-state index contributed by atoms with van der Waals surface area (Å²) in [5.74, 6) is -0.661. The summed E-state index contributed by atoms with van der Waals surface area (Å²) in [6, 6.07) is 21.7. The third-order valence-corrected chi connectivity index (χ3v) is 6.56. The van der Waals surface area contributed by atoms with Gasteiger partial charge in [0.15, 0.2) is 0 Å². The molecule has 4 rings (SSSR count). The Bertz CT molecular complexity index is 1350. The Kier molecular flexibility index (Phi) is 5.39. The first kappa shape index (κ1) is 19.9. The van der Waals surface area contributed by atoms with E-state index in [1.54, 1.807) is 66.7 Å². The highest BCUT2D eigenvalue weighted by Gasteiger charge is 2.29. The van der Waals surface area contributed by atoms with E-state index in [9.17, 15) is 13.2 Å². The van der Waals surface area contributed by atoms with Gasteiger partial charge in [-0.3, -0.25) is 4.79 Å². The summed E-state index contributed by atoms with van der Waals surface area (Å²) in [5.41, 5.74) is 3.58. The van der Waals surface area contributed by atoms with Crippen LogP contribution in [0.4, 0.5) is 0 Å². The number of fused-ring (bicyclic) bond motifs is 1. The maximum atomic E-state index is 13.3. The second-order valence-electron chi connectivity index (χ2n) is 6.44. The lowest BCUT2D eigenvalue weighted by atomic mass is 10.2. The number of sulfone groups is 1. The summed E-state index contributed by atoms with van der Waals surface area (Å²) >= 11 is 5.85. The fourth-order valence-corrected chi connectivity index (χ4v) is 4.80. The molecule has 0 atom stereocenters. The van der Waals surface area contributed by atoms with Crippen LogP contribution in [0.2, 0.25) is 5.02 Å². The summed E-state index contributed by atoms with van der Waals surface area (Å²) in [4.78, 5) is 15.8. The van der Waals surface area contributed by atoms with E-state index in [1.807, 2.05) is 0 Å². The highest BCUT2D eigenvalue weighted by Crippen LogP contribution is 2.31. The lowest BCUT2D eigenvalue weighted by Gasteiger charge is -2.06. The first-order valence-corrected chi connectivity index (χ1v) is 10.8. The number of rotatable bonds is 5. The fraction of sp³-hybridized carbons (Fsp3) is 0. The number of hydrogen-bond acceptors (Lipinski definition) is 4. The standard InChI is InChI=1S/C22H16ClN3O3S/c23-16-12-10-15(11-13-16)14-24-26-22(27)20-21(18-8-4-5-9-19(18)25-20)30(28,29)17-6-2-1-3-7-17/h1-14,25H,(H,26,27)/b24-14+. The summed E-state index contributed by atoms with van der Waals surface area (Å²) in [5, 5.41) is 4.96. The summed E-state index contributed by atoms with van der Waals surface area (Å²) in [6.07, 6.45) is 1.45. The van der Waals surface area contributed by atoms with E-state index in [4.69, 9.17) is 11.6 Å². The van der Waals surface area contributed by atoms with Crippen molar-refractivity contribution < 1.29 is 13.2 Å². The minimum Gasteiger partial charge on any atom is -0.349 e. The zero-order valence-electron chi connectivity index (χ0n) is 15.5. The number of H-pyrrole nitrogens is 1. The third kappa shape index (κ3) is 3.85. The molecule has 4 aromatic rings. The third-order valence-electron chi connectivity index (χ3n) is 4.46. The monoisotopic (exact) mass is 437 g/mol. The zero-order chi connectivity index (χ0) is 21.1. The van der Waals surface area contributed by atoms with Crippen molar-refractivity contribution in [3.8, 4) is 0 Å².